The number of aliphatic hydroxyl groups is 1. The lowest BCUT2D eigenvalue weighted by atomic mass is 9.94. The van der Waals surface area contributed by atoms with Crippen molar-refractivity contribution < 1.29 is 18.3 Å². The van der Waals surface area contributed by atoms with Crippen LogP contribution in [0.4, 0.5) is 13.2 Å². The third-order valence-corrected chi connectivity index (χ3v) is 2.86. The van der Waals surface area contributed by atoms with Crippen molar-refractivity contribution in [1.29, 1.82) is 0 Å². The van der Waals surface area contributed by atoms with E-state index in [-0.39, 0.29) is 19.3 Å². The van der Waals surface area contributed by atoms with Crippen LogP contribution in [0.2, 0.25) is 0 Å². The first kappa shape index (κ1) is 15.0. The van der Waals surface area contributed by atoms with E-state index in [1.807, 2.05) is 11.5 Å². The van der Waals surface area contributed by atoms with Crippen LogP contribution < -0.4 is 0 Å². The molecule has 0 aliphatic rings. The van der Waals surface area contributed by atoms with Gasteiger partial charge >= 0.3 is 6.18 Å². The lowest BCUT2D eigenvalue weighted by molar-refractivity contribution is -0.137. The minimum Gasteiger partial charge on any atom is -0.390 e. The number of imidazole rings is 1. The van der Waals surface area contributed by atoms with Crippen LogP contribution in [0.5, 0.6) is 0 Å². The zero-order chi connectivity index (χ0) is 13.8. The van der Waals surface area contributed by atoms with Gasteiger partial charge in [0.25, 0.3) is 0 Å². The Kier molecular flexibility index (Phi) is 4.78. The first-order valence-electron chi connectivity index (χ1n) is 6.03. The number of halogens is 3. The quantitative estimate of drug-likeness (QED) is 0.857. The molecule has 0 spiro atoms. The summed E-state index contributed by atoms with van der Waals surface area (Å²) in [5.74, 6) is 0.703. The molecule has 0 aliphatic carbocycles. The maximum absolute atomic E-state index is 12.0. The van der Waals surface area contributed by atoms with E-state index in [0.717, 1.165) is 6.54 Å². The van der Waals surface area contributed by atoms with Gasteiger partial charge in [0.1, 0.15) is 5.82 Å². The minimum atomic E-state index is -4.15. The normalized spacial score (nSPS) is 15.7. The maximum atomic E-state index is 12.0. The van der Waals surface area contributed by atoms with Gasteiger partial charge in [0, 0.05) is 31.8 Å². The van der Waals surface area contributed by atoms with E-state index < -0.39 is 18.2 Å². The van der Waals surface area contributed by atoms with Gasteiger partial charge in [0.15, 0.2) is 0 Å². The summed E-state index contributed by atoms with van der Waals surface area (Å²) < 4.78 is 38.0. The minimum absolute atomic E-state index is 0.0661. The maximum Gasteiger partial charge on any atom is 0.389 e. The van der Waals surface area contributed by atoms with E-state index in [1.54, 1.807) is 19.3 Å². The SMILES string of the molecule is CCn1ccnc1CC(C)(O)CCCC(F)(F)F. The molecule has 3 nitrogen and oxygen atoms in total. The number of rotatable bonds is 6. The molecular weight excluding hydrogens is 245 g/mol. The number of aryl methyl sites for hydroxylation is 1. The summed E-state index contributed by atoms with van der Waals surface area (Å²) in [6, 6.07) is 0. The van der Waals surface area contributed by atoms with E-state index >= 15 is 0 Å². The number of hydrogen-bond donors (Lipinski definition) is 1. The molecule has 0 radical (unpaired) electrons. The van der Waals surface area contributed by atoms with E-state index in [9.17, 15) is 18.3 Å². The van der Waals surface area contributed by atoms with Crippen LogP contribution in [0.1, 0.15) is 38.9 Å². The van der Waals surface area contributed by atoms with E-state index in [1.165, 1.54) is 0 Å². The Morgan fingerprint density at radius 3 is 2.56 bits per heavy atom. The molecule has 104 valence electrons. The summed E-state index contributed by atoms with van der Waals surface area (Å²) in [6.45, 7) is 4.23. The molecule has 1 aromatic heterocycles. The van der Waals surface area contributed by atoms with Gasteiger partial charge in [-0.25, -0.2) is 4.98 Å². The molecule has 0 bridgehead atoms. The van der Waals surface area contributed by atoms with Crippen LogP contribution in [-0.2, 0) is 13.0 Å². The van der Waals surface area contributed by atoms with Crippen molar-refractivity contribution in [3.63, 3.8) is 0 Å². The van der Waals surface area contributed by atoms with E-state index in [4.69, 9.17) is 0 Å². The van der Waals surface area contributed by atoms with Crippen molar-refractivity contribution in [3.05, 3.63) is 18.2 Å². The van der Waals surface area contributed by atoms with Gasteiger partial charge in [-0.15, -0.1) is 0 Å². The van der Waals surface area contributed by atoms with Gasteiger partial charge in [-0.3, -0.25) is 0 Å². The van der Waals surface area contributed by atoms with Crippen LogP contribution in [0, 0.1) is 0 Å². The second-order valence-electron chi connectivity index (χ2n) is 4.77. The fourth-order valence-corrected chi connectivity index (χ4v) is 1.89. The van der Waals surface area contributed by atoms with Gasteiger partial charge in [0.2, 0.25) is 0 Å². The molecule has 1 aromatic rings. The summed E-state index contributed by atoms with van der Waals surface area (Å²) >= 11 is 0. The lowest BCUT2D eigenvalue weighted by Crippen LogP contribution is -2.29. The first-order chi connectivity index (χ1) is 8.23. The van der Waals surface area contributed by atoms with Crippen molar-refractivity contribution in [1.82, 2.24) is 9.55 Å². The van der Waals surface area contributed by atoms with Gasteiger partial charge < -0.3 is 9.67 Å². The van der Waals surface area contributed by atoms with Crippen molar-refractivity contribution in [3.8, 4) is 0 Å². The molecule has 1 unspecified atom stereocenters. The third kappa shape index (κ3) is 5.08. The second kappa shape index (κ2) is 5.73. The Balaban J connectivity index is 2.49. The zero-order valence-corrected chi connectivity index (χ0v) is 10.7. The molecule has 18 heavy (non-hydrogen) atoms. The fourth-order valence-electron chi connectivity index (χ4n) is 1.89. The summed E-state index contributed by atoms with van der Waals surface area (Å²) in [7, 11) is 0. The Hall–Kier alpha value is -1.04. The summed E-state index contributed by atoms with van der Waals surface area (Å²) in [5.41, 5.74) is -1.15. The molecule has 6 heteroatoms. The van der Waals surface area contributed by atoms with Crippen LogP contribution in [0.15, 0.2) is 12.4 Å². The summed E-state index contributed by atoms with van der Waals surface area (Å²) in [6.07, 6.45) is -1.27. The predicted octanol–water partition coefficient (Wildman–Crippen LogP) is 2.93. The molecule has 1 heterocycles. The van der Waals surface area contributed by atoms with Crippen molar-refractivity contribution in [2.45, 2.75) is 57.9 Å². The van der Waals surface area contributed by atoms with Crippen molar-refractivity contribution >= 4 is 0 Å². The van der Waals surface area contributed by atoms with Crippen LogP contribution in [0.3, 0.4) is 0 Å². The Labute approximate surface area is 105 Å². The van der Waals surface area contributed by atoms with Crippen LogP contribution >= 0.6 is 0 Å². The summed E-state index contributed by atoms with van der Waals surface area (Å²) in [4.78, 5) is 4.11. The Morgan fingerprint density at radius 1 is 1.33 bits per heavy atom. The molecular formula is C12H19F3N2O. The second-order valence-corrected chi connectivity index (χ2v) is 4.77. The Bertz CT molecular complexity index is 372. The molecule has 0 aliphatic heterocycles. The van der Waals surface area contributed by atoms with Gasteiger partial charge in [-0.2, -0.15) is 13.2 Å². The molecule has 1 rings (SSSR count). The third-order valence-electron chi connectivity index (χ3n) is 2.86. The number of hydrogen-bond acceptors (Lipinski definition) is 2. The molecule has 1 N–H and O–H groups in total. The molecule has 0 saturated heterocycles. The fraction of sp³-hybridized carbons (Fsp3) is 0.750. The lowest BCUT2D eigenvalue weighted by Gasteiger charge is -2.23. The van der Waals surface area contributed by atoms with Gasteiger partial charge in [-0.1, -0.05) is 0 Å². The monoisotopic (exact) mass is 264 g/mol. The average Bonchev–Trinajstić information content (AvgIpc) is 2.61. The zero-order valence-electron chi connectivity index (χ0n) is 10.7. The van der Waals surface area contributed by atoms with Crippen molar-refractivity contribution in [2.24, 2.45) is 0 Å². The molecule has 0 amide bonds. The highest BCUT2D eigenvalue weighted by Gasteiger charge is 2.29. The topological polar surface area (TPSA) is 38.0 Å². The number of aromatic nitrogens is 2. The van der Waals surface area contributed by atoms with Gasteiger partial charge in [-0.05, 0) is 26.7 Å². The number of nitrogens with zero attached hydrogens (tertiary/aromatic N) is 2. The Morgan fingerprint density at radius 2 is 2.00 bits per heavy atom. The highest BCUT2D eigenvalue weighted by molar-refractivity contribution is 4.97. The van der Waals surface area contributed by atoms with E-state index in [0.29, 0.717) is 5.82 Å². The highest BCUT2D eigenvalue weighted by Crippen LogP contribution is 2.26. The largest absolute Gasteiger partial charge is 0.390 e. The van der Waals surface area contributed by atoms with Crippen LogP contribution in [0.25, 0.3) is 0 Å². The average molecular weight is 264 g/mol. The molecule has 0 aromatic carbocycles. The van der Waals surface area contributed by atoms with Crippen LogP contribution in [-0.4, -0.2) is 26.4 Å². The summed E-state index contributed by atoms with van der Waals surface area (Å²) in [5, 5.41) is 10.1. The first-order valence-corrected chi connectivity index (χ1v) is 6.03. The van der Waals surface area contributed by atoms with E-state index in [2.05, 4.69) is 4.98 Å². The molecule has 1 atom stereocenters. The smallest absolute Gasteiger partial charge is 0.389 e. The predicted molar refractivity (Wildman–Crippen MR) is 62.1 cm³/mol. The number of alkyl halides is 3. The highest BCUT2D eigenvalue weighted by atomic mass is 19.4. The standard InChI is InChI=1S/C12H19F3N2O/c1-3-17-8-7-16-10(17)9-11(2,18)5-4-6-12(13,14)15/h7-8,18H,3-6,9H2,1-2H3. The molecule has 0 saturated carbocycles. The molecule has 0 fully saturated rings. The van der Waals surface area contributed by atoms with Gasteiger partial charge in [0.05, 0.1) is 5.60 Å². The van der Waals surface area contributed by atoms with Crippen molar-refractivity contribution in [2.75, 3.05) is 0 Å².